The fourth-order valence-corrected chi connectivity index (χ4v) is 0. The van der Waals surface area contributed by atoms with E-state index in [1.165, 1.54) is 0 Å². The van der Waals surface area contributed by atoms with Crippen molar-refractivity contribution in [2.75, 3.05) is 0 Å². The fourth-order valence-electron chi connectivity index (χ4n) is 0. The molecule has 8 N–H and O–H groups in total. The Morgan fingerprint density at radius 3 is 0.214 bits per heavy atom. The van der Waals surface area contributed by atoms with Crippen molar-refractivity contribution in [1.82, 2.24) is 0 Å². The van der Waals surface area contributed by atoms with Gasteiger partial charge in [0.25, 0.3) is 0 Å². The van der Waals surface area contributed by atoms with Gasteiger partial charge in [-0.15, -0.1) is 0 Å². The van der Waals surface area contributed by atoms with Crippen molar-refractivity contribution in [2.45, 2.75) is 0 Å². The van der Waals surface area contributed by atoms with Gasteiger partial charge in [0.1, 0.15) is 0 Å². The Hall–Kier alpha value is 9.84. The van der Waals surface area contributed by atoms with Gasteiger partial charge in [-0.25, -0.2) is 0 Å². The average Bonchev–Trinajstić information content (AvgIpc) is 0. The van der Waals surface area contributed by atoms with Crippen LogP contribution in [-0.2, 0) is 0 Å². The van der Waals surface area contributed by atoms with Crippen LogP contribution in [0.15, 0.2) is 0 Å². The minimum Gasteiger partial charge on any atom is -1.00 e. The Balaban J connectivity index is 0. The summed E-state index contributed by atoms with van der Waals surface area (Å²) in [5.74, 6) is 0. The van der Waals surface area contributed by atoms with Crippen LogP contribution >= 0.6 is 0 Å². The van der Waals surface area contributed by atoms with Crippen molar-refractivity contribution in [2.24, 2.45) is 0 Å². The van der Waals surface area contributed by atoms with E-state index >= 15 is 0 Å². The molecular weight excluding hydrogens is 294 g/mol. The zero-order chi connectivity index (χ0) is 0. The molecular formula is H18Na10O4. The molecule has 0 unspecified atom stereocenters. The van der Waals surface area contributed by atoms with Gasteiger partial charge in [0.05, 0.1) is 0 Å². The first-order chi connectivity index (χ1) is 0. The van der Waals surface area contributed by atoms with E-state index in [4.69, 9.17) is 0 Å². The van der Waals surface area contributed by atoms with Gasteiger partial charge in [-0.05, 0) is 0 Å². The van der Waals surface area contributed by atoms with E-state index in [1.54, 1.807) is 0 Å². The van der Waals surface area contributed by atoms with Gasteiger partial charge in [0.2, 0.25) is 0 Å². The third-order valence-corrected chi connectivity index (χ3v) is 0. The molecule has 0 saturated heterocycles. The molecule has 0 aromatic heterocycles. The zero-order valence-corrected chi connectivity index (χ0v) is 32.0. The van der Waals surface area contributed by atoms with Gasteiger partial charge in [0, 0.05) is 0 Å². The second-order valence-electron chi connectivity index (χ2n) is 0. The summed E-state index contributed by atoms with van der Waals surface area (Å²) in [6.07, 6.45) is 0. The average molecular weight is 312 g/mol. The number of hydrogen-bond donors (Lipinski definition) is 0. The van der Waals surface area contributed by atoms with Crippen LogP contribution in [0, 0.1) is 0 Å². The van der Waals surface area contributed by atoms with Crippen molar-refractivity contribution < 1.29 is 332 Å². The molecule has 0 amide bonds. The summed E-state index contributed by atoms with van der Waals surface area (Å²) in [5.41, 5.74) is 0. The van der Waals surface area contributed by atoms with E-state index in [-0.39, 0.29) is 332 Å². The van der Waals surface area contributed by atoms with E-state index in [0.717, 1.165) is 0 Å². The largest absolute Gasteiger partial charge is 1.00 e. The van der Waals surface area contributed by atoms with Crippen molar-refractivity contribution in [3.8, 4) is 0 Å². The molecule has 0 spiro atoms. The second kappa shape index (κ2) is 113. The van der Waals surface area contributed by atoms with Crippen molar-refractivity contribution >= 4 is 0 Å². The third-order valence-electron chi connectivity index (χ3n) is 0. The van der Waals surface area contributed by atoms with Crippen molar-refractivity contribution in [1.29, 1.82) is 0 Å². The molecule has 0 aromatic rings. The van der Waals surface area contributed by atoms with E-state index in [9.17, 15) is 0 Å². The SMILES string of the molecule is O.O.O.O.[H-].[H-].[H-].[H-].[H-].[H-].[H-].[H-].[H-].[H-].[Na+].[Na+].[Na+].[Na+].[Na+].[Na+].[Na+].[Na+].[Na+].[Na+]. The molecule has 0 rings (SSSR count). The Morgan fingerprint density at radius 1 is 0.214 bits per heavy atom. The summed E-state index contributed by atoms with van der Waals surface area (Å²) in [6, 6.07) is 0. The molecule has 0 atom stereocenters. The number of rotatable bonds is 0. The molecule has 0 fully saturated rings. The predicted octanol–water partition coefficient (Wildman–Crippen LogP) is -32.1. The molecule has 0 saturated carbocycles. The fraction of sp³-hybridized carbons (Fsp3) is 0. The van der Waals surface area contributed by atoms with Gasteiger partial charge in [-0.1, -0.05) is 0 Å². The molecule has 14 heavy (non-hydrogen) atoms. The summed E-state index contributed by atoms with van der Waals surface area (Å²) in [6.45, 7) is 0. The van der Waals surface area contributed by atoms with Gasteiger partial charge < -0.3 is 36.2 Å². The van der Waals surface area contributed by atoms with Gasteiger partial charge in [-0.3, -0.25) is 0 Å². The van der Waals surface area contributed by atoms with E-state index in [2.05, 4.69) is 0 Å². The quantitative estimate of drug-likeness (QED) is 0.394. The zero-order valence-electron chi connectivity index (χ0n) is 22.0. The first-order valence-electron chi connectivity index (χ1n) is 0. The Morgan fingerprint density at radius 2 is 0.214 bits per heavy atom. The van der Waals surface area contributed by atoms with Gasteiger partial charge >= 0.3 is 296 Å². The van der Waals surface area contributed by atoms with E-state index < -0.39 is 0 Å². The summed E-state index contributed by atoms with van der Waals surface area (Å²) in [5, 5.41) is 0. The van der Waals surface area contributed by atoms with Crippen molar-refractivity contribution in [3.63, 3.8) is 0 Å². The Kier molecular flexibility index (Phi) is 1030. The predicted molar refractivity (Wildman–Crippen MR) is 25.6 cm³/mol. The summed E-state index contributed by atoms with van der Waals surface area (Å²) in [7, 11) is 0. The van der Waals surface area contributed by atoms with Crippen LogP contribution in [0.3, 0.4) is 0 Å². The van der Waals surface area contributed by atoms with Crippen LogP contribution in [0.5, 0.6) is 0 Å². The van der Waals surface area contributed by atoms with E-state index in [0.29, 0.717) is 0 Å². The van der Waals surface area contributed by atoms with Crippen LogP contribution in [0.25, 0.3) is 0 Å². The molecule has 0 aliphatic carbocycles. The molecule has 0 heterocycles. The smallest absolute Gasteiger partial charge is 1.00 e. The van der Waals surface area contributed by atoms with Crippen LogP contribution in [0.2, 0.25) is 0 Å². The standard InChI is InChI=1S/10Na.4H2O.10H/h;;;;;;;;;;4*1H2;;;;;;;;;;/q10*+1;;;;;10*-1. The maximum Gasteiger partial charge on any atom is 1.00 e. The minimum atomic E-state index is 0. The summed E-state index contributed by atoms with van der Waals surface area (Å²) < 4.78 is 0. The maximum absolute atomic E-state index is 0. The molecule has 0 bridgehead atoms. The third kappa shape index (κ3) is 98.0. The molecule has 14 heteroatoms. The Bertz CT molecular complexity index is 35.6. The topological polar surface area (TPSA) is 126 Å². The minimum absolute atomic E-state index is 0. The molecule has 0 aromatic carbocycles. The van der Waals surface area contributed by atoms with Crippen LogP contribution < -0.4 is 296 Å². The second-order valence-corrected chi connectivity index (χ2v) is 0. The van der Waals surface area contributed by atoms with Gasteiger partial charge in [-0.2, -0.15) is 0 Å². The monoisotopic (exact) mass is 312 g/mol. The van der Waals surface area contributed by atoms with Crippen LogP contribution in [0.4, 0.5) is 0 Å². The summed E-state index contributed by atoms with van der Waals surface area (Å²) >= 11 is 0. The number of hydrogen-bond acceptors (Lipinski definition) is 0. The molecule has 0 aliphatic heterocycles. The maximum atomic E-state index is 0. The van der Waals surface area contributed by atoms with Crippen LogP contribution in [0.1, 0.15) is 14.3 Å². The van der Waals surface area contributed by atoms with E-state index in [1.807, 2.05) is 0 Å². The molecule has 0 radical (unpaired) electrons. The molecule has 4 nitrogen and oxygen atoms in total. The normalized spacial score (nSPS) is 0. The molecule has 52 valence electrons. The van der Waals surface area contributed by atoms with Gasteiger partial charge in [0.15, 0.2) is 0 Å². The summed E-state index contributed by atoms with van der Waals surface area (Å²) in [4.78, 5) is 0. The first kappa shape index (κ1) is 128. The van der Waals surface area contributed by atoms with Crippen molar-refractivity contribution in [3.05, 3.63) is 0 Å². The van der Waals surface area contributed by atoms with Crippen LogP contribution in [-0.4, -0.2) is 21.9 Å². The Labute approximate surface area is 322 Å². The first-order valence-corrected chi connectivity index (χ1v) is 0. The molecule has 0 aliphatic rings.